The van der Waals surface area contributed by atoms with Crippen LogP contribution < -0.4 is 15.0 Å². The molecule has 33 heavy (non-hydrogen) atoms. The summed E-state index contributed by atoms with van der Waals surface area (Å²) in [4.78, 5) is 29.4. The van der Waals surface area contributed by atoms with Gasteiger partial charge in [-0.05, 0) is 49.1 Å². The van der Waals surface area contributed by atoms with Gasteiger partial charge < -0.3 is 19.3 Å². The van der Waals surface area contributed by atoms with Crippen molar-refractivity contribution in [2.45, 2.75) is 32.3 Å². The molecule has 1 N–H and O–H groups in total. The molecule has 0 saturated carbocycles. The van der Waals surface area contributed by atoms with Crippen LogP contribution in [0.4, 0.5) is 10.5 Å². The molecule has 2 amide bonds. The highest BCUT2D eigenvalue weighted by molar-refractivity contribution is 5.90. The molecule has 1 fully saturated rings. The standard InChI is InChI=1S/C24H24N4O5/c1-14(29)26-12-18-13-28(24(30)32-18)17-6-7-19-15(10-17)4-3-5-20-22(27-33-23(19)20)16-8-9-25-21(11-16)31-2/h6-11,18H,3-5,12-13H2,1-2H3,(H,26,29). The third kappa shape index (κ3) is 4.02. The number of aryl methyl sites for hydroxylation is 1. The third-order valence-corrected chi connectivity index (χ3v) is 5.98. The van der Waals surface area contributed by atoms with Crippen LogP contribution in [0.5, 0.6) is 5.88 Å². The van der Waals surface area contributed by atoms with Crippen molar-refractivity contribution >= 4 is 17.7 Å². The van der Waals surface area contributed by atoms with Gasteiger partial charge in [0.1, 0.15) is 11.8 Å². The number of hydrogen-bond donors (Lipinski definition) is 1. The molecule has 3 heterocycles. The first-order valence-corrected chi connectivity index (χ1v) is 10.9. The van der Waals surface area contributed by atoms with Crippen LogP contribution in [0.25, 0.3) is 22.6 Å². The lowest BCUT2D eigenvalue weighted by Crippen LogP contribution is -2.33. The Balaban J connectivity index is 1.44. The van der Waals surface area contributed by atoms with Gasteiger partial charge in [-0.15, -0.1) is 0 Å². The van der Waals surface area contributed by atoms with Crippen LogP contribution >= 0.6 is 0 Å². The lowest BCUT2D eigenvalue weighted by atomic mass is 10.00. The fraction of sp³-hybridized carbons (Fsp3) is 0.333. The number of carbonyl (C=O) groups is 2. The maximum atomic E-state index is 12.4. The molecule has 1 aromatic carbocycles. The Kier molecular flexibility index (Phi) is 5.45. The normalized spacial score (nSPS) is 17.1. The predicted molar refractivity (Wildman–Crippen MR) is 120 cm³/mol. The van der Waals surface area contributed by atoms with Crippen LogP contribution in [0.2, 0.25) is 0 Å². The minimum absolute atomic E-state index is 0.151. The summed E-state index contributed by atoms with van der Waals surface area (Å²) < 4.78 is 16.5. The number of nitrogens with zero attached hydrogens (tertiary/aromatic N) is 3. The third-order valence-electron chi connectivity index (χ3n) is 5.98. The number of cyclic esters (lactones) is 1. The average Bonchev–Trinajstić information content (AvgIpc) is 3.36. The fourth-order valence-electron chi connectivity index (χ4n) is 4.38. The minimum atomic E-state index is -0.409. The molecule has 1 saturated heterocycles. The molecule has 1 atom stereocenters. The Hall–Kier alpha value is -3.88. The van der Waals surface area contributed by atoms with Crippen LogP contribution in [-0.4, -0.2) is 48.4 Å². The Morgan fingerprint density at radius 2 is 2.15 bits per heavy atom. The van der Waals surface area contributed by atoms with Gasteiger partial charge in [-0.3, -0.25) is 9.69 Å². The first-order valence-electron chi connectivity index (χ1n) is 10.9. The van der Waals surface area contributed by atoms with E-state index in [-0.39, 0.29) is 12.0 Å². The molecule has 5 rings (SSSR count). The minimum Gasteiger partial charge on any atom is -0.481 e. The number of pyridine rings is 1. The van der Waals surface area contributed by atoms with Crippen LogP contribution in [-0.2, 0) is 22.4 Å². The summed E-state index contributed by atoms with van der Waals surface area (Å²) >= 11 is 0. The Labute approximate surface area is 190 Å². The topological polar surface area (TPSA) is 107 Å². The summed E-state index contributed by atoms with van der Waals surface area (Å²) in [6.07, 6.45) is 3.52. The molecule has 0 bridgehead atoms. The molecular weight excluding hydrogens is 424 g/mol. The average molecular weight is 448 g/mol. The zero-order valence-corrected chi connectivity index (χ0v) is 18.5. The second-order valence-corrected chi connectivity index (χ2v) is 8.17. The van der Waals surface area contributed by atoms with E-state index in [0.29, 0.717) is 19.0 Å². The molecule has 0 spiro atoms. The number of ether oxygens (including phenoxy) is 2. The van der Waals surface area contributed by atoms with E-state index >= 15 is 0 Å². The van der Waals surface area contributed by atoms with Crippen LogP contribution in [0.1, 0.15) is 24.5 Å². The first-order chi connectivity index (χ1) is 16.0. The molecule has 2 aliphatic rings. The summed E-state index contributed by atoms with van der Waals surface area (Å²) in [7, 11) is 1.58. The molecule has 1 aliphatic heterocycles. The van der Waals surface area contributed by atoms with Crippen molar-refractivity contribution in [1.29, 1.82) is 0 Å². The maximum absolute atomic E-state index is 12.4. The quantitative estimate of drug-likeness (QED) is 0.638. The van der Waals surface area contributed by atoms with E-state index in [1.807, 2.05) is 30.3 Å². The molecular formula is C24H24N4O5. The van der Waals surface area contributed by atoms with E-state index in [1.54, 1.807) is 18.2 Å². The van der Waals surface area contributed by atoms with Crippen molar-refractivity contribution in [3.63, 3.8) is 0 Å². The second-order valence-electron chi connectivity index (χ2n) is 8.17. The van der Waals surface area contributed by atoms with Gasteiger partial charge in [0.25, 0.3) is 0 Å². The van der Waals surface area contributed by atoms with Gasteiger partial charge in [0.2, 0.25) is 11.8 Å². The Bertz CT molecular complexity index is 1220. The van der Waals surface area contributed by atoms with Gasteiger partial charge >= 0.3 is 6.09 Å². The highest BCUT2D eigenvalue weighted by Gasteiger charge is 2.33. The van der Waals surface area contributed by atoms with E-state index in [9.17, 15) is 9.59 Å². The number of anilines is 1. The predicted octanol–water partition coefficient (Wildman–Crippen LogP) is 3.36. The molecule has 1 aliphatic carbocycles. The molecule has 1 unspecified atom stereocenters. The van der Waals surface area contributed by atoms with Gasteiger partial charge in [-0.1, -0.05) is 5.16 Å². The van der Waals surface area contributed by atoms with Crippen LogP contribution in [0.15, 0.2) is 41.1 Å². The van der Waals surface area contributed by atoms with Crippen molar-refractivity contribution < 1.29 is 23.6 Å². The molecule has 3 aromatic rings. The number of hydrogen-bond acceptors (Lipinski definition) is 7. The summed E-state index contributed by atoms with van der Waals surface area (Å²) in [5, 5.41) is 7.06. The number of benzene rings is 1. The summed E-state index contributed by atoms with van der Waals surface area (Å²) in [5.74, 6) is 1.13. The first kappa shape index (κ1) is 21.0. The van der Waals surface area contributed by atoms with Crippen molar-refractivity contribution in [1.82, 2.24) is 15.5 Å². The van der Waals surface area contributed by atoms with Gasteiger partial charge in [-0.25, -0.2) is 9.78 Å². The van der Waals surface area contributed by atoms with Gasteiger partial charge in [0.05, 0.1) is 20.2 Å². The van der Waals surface area contributed by atoms with E-state index in [4.69, 9.17) is 14.0 Å². The summed E-state index contributed by atoms with van der Waals surface area (Å²) in [5.41, 5.74) is 5.60. The van der Waals surface area contributed by atoms with E-state index in [0.717, 1.165) is 58.7 Å². The number of rotatable bonds is 5. The number of fused-ring (bicyclic) bond motifs is 3. The SMILES string of the molecule is COc1cc(-c2noc3c2CCCc2cc(N4CC(CNC(C)=O)OC4=O)ccc2-3)ccn1. The number of nitrogens with one attached hydrogen (secondary N) is 1. The highest BCUT2D eigenvalue weighted by atomic mass is 16.6. The molecule has 9 nitrogen and oxygen atoms in total. The Morgan fingerprint density at radius 3 is 2.97 bits per heavy atom. The van der Waals surface area contributed by atoms with Gasteiger partial charge in [-0.2, -0.15) is 0 Å². The number of carbonyl (C=O) groups excluding carboxylic acids is 2. The molecule has 0 radical (unpaired) electrons. The molecule has 2 aromatic heterocycles. The summed E-state index contributed by atoms with van der Waals surface area (Å²) in [6, 6.07) is 9.64. The second kappa shape index (κ2) is 8.57. The zero-order valence-electron chi connectivity index (χ0n) is 18.5. The van der Waals surface area contributed by atoms with Crippen LogP contribution in [0, 0.1) is 0 Å². The lowest BCUT2D eigenvalue weighted by Gasteiger charge is -2.15. The van der Waals surface area contributed by atoms with Crippen molar-refractivity contribution in [2.24, 2.45) is 0 Å². The van der Waals surface area contributed by atoms with E-state index in [2.05, 4.69) is 15.5 Å². The van der Waals surface area contributed by atoms with Crippen molar-refractivity contribution in [3.8, 4) is 28.5 Å². The van der Waals surface area contributed by atoms with Crippen LogP contribution in [0.3, 0.4) is 0 Å². The monoisotopic (exact) mass is 448 g/mol. The van der Waals surface area contributed by atoms with E-state index < -0.39 is 6.09 Å². The zero-order chi connectivity index (χ0) is 22.9. The smallest absolute Gasteiger partial charge is 0.414 e. The molecule has 170 valence electrons. The Morgan fingerprint density at radius 1 is 1.27 bits per heavy atom. The van der Waals surface area contributed by atoms with Gasteiger partial charge in [0, 0.05) is 41.6 Å². The summed E-state index contributed by atoms with van der Waals surface area (Å²) in [6.45, 7) is 2.13. The number of amides is 2. The lowest BCUT2D eigenvalue weighted by molar-refractivity contribution is -0.119. The fourth-order valence-corrected chi connectivity index (χ4v) is 4.38. The van der Waals surface area contributed by atoms with E-state index in [1.165, 1.54) is 6.92 Å². The van der Waals surface area contributed by atoms with Gasteiger partial charge in [0.15, 0.2) is 5.76 Å². The number of methoxy groups -OCH3 is 1. The highest BCUT2D eigenvalue weighted by Crippen LogP contribution is 2.39. The maximum Gasteiger partial charge on any atom is 0.414 e. The van der Waals surface area contributed by atoms with Crippen molar-refractivity contribution in [2.75, 3.05) is 25.1 Å². The largest absolute Gasteiger partial charge is 0.481 e. The number of aromatic nitrogens is 2. The molecule has 9 heteroatoms. The van der Waals surface area contributed by atoms with Crippen molar-refractivity contribution in [3.05, 3.63) is 47.7 Å².